The molecule has 4 aromatic rings. The van der Waals surface area contributed by atoms with Crippen LogP contribution in [0.5, 0.6) is 0 Å². The van der Waals surface area contributed by atoms with E-state index in [2.05, 4.69) is 60.8 Å². The summed E-state index contributed by atoms with van der Waals surface area (Å²) in [5.41, 5.74) is 8.56. The quantitative estimate of drug-likeness (QED) is 0.368. The van der Waals surface area contributed by atoms with Gasteiger partial charge in [-0.15, -0.1) is 11.3 Å². The summed E-state index contributed by atoms with van der Waals surface area (Å²) in [6, 6.07) is 0.350. The molecule has 7 nitrogen and oxygen atoms in total. The second-order valence-electron chi connectivity index (χ2n) is 10.9. The molecule has 1 aliphatic carbocycles. The molecule has 5 heterocycles. The Morgan fingerprint density at radius 2 is 1.89 bits per heavy atom. The molecule has 4 aromatic heterocycles. The van der Waals surface area contributed by atoms with Gasteiger partial charge in [-0.3, -0.25) is 4.90 Å². The molecule has 0 radical (unpaired) electrons. The Hall–Kier alpha value is -2.26. The fraction of sp³-hybridized carbons (Fsp3) is 0.556. The summed E-state index contributed by atoms with van der Waals surface area (Å²) in [6.45, 7) is 12.2. The number of hydrogen-bond donors (Lipinski definition) is 3. The van der Waals surface area contributed by atoms with E-state index < -0.39 is 0 Å². The molecule has 2 fully saturated rings. The molecule has 2 aliphatic rings. The highest BCUT2D eigenvalue weighted by Gasteiger charge is 2.48. The first kappa shape index (κ1) is 23.2. The van der Waals surface area contributed by atoms with E-state index in [1.165, 1.54) is 55.0 Å². The van der Waals surface area contributed by atoms with Crippen LogP contribution in [-0.2, 0) is 0 Å². The standard InChI is InChI=1S/C27H35N5O2S/c1-13(2)22-23-16(5)25(20-7-18-6-17(20)8-31(18)19(10-33)11-34)35-27(23)30-24(22)21-9-32-26(28-12-29-32)15(4)14(21)3/h9,12-13,17-20,30,33-34H,6-8,10-11H2,1-5H3/t17?,18?,20-/m1/s1. The number of aromatic nitrogens is 4. The minimum absolute atomic E-state index is 0.0330. The topological polar surface area (TPSA) is 89.7 Å². The number of aromatic amines is 1. The maximum atomic E-state index is 9.68. The zero-order valence-electron chi connectivity index (χ0n) is 21.2. The van der Waals surface area contributed by atoms with Gasteiger partial charge < -0.3 is 15.2 Å². The number of nitrogens with one attached hydrogen (secondary N) is 1. The number of H-pyrrole nitrogens is 1. The van der Waals surface area contributed by atoms with Crippen molar-refractivity contribution in [2.75, 3.05) is 19.8 Å². The molecular formula is C27H35N5O2S. The molecule has 1 aliphatic heterocycles. The van der Waals surface area contributed by atoms with Crippen molar-refractivity contribution in [1.29, 1.82) is 0 Å². The predicted octanol–water partition coefficient (Wildman–Crippen LogP) is 4.52. The van der Waals surface area contributed by atoms with Crippen molar-refractivity contribution in [2.24, 2.45) is 5.92 Å². The molecule has 3 N–H and O–H groups in total. The van der Waals surface area contributed by atoms with Gasteiger partial charge in [0.15, 0.2) is 5.65 Å². The number of thiophene rings is 1. The number of likely N-dealkylation sites (tertiary alicyclic amines) is 1. The summed E-state index contributed by atoms with van der Waals surface area (Å²) >= 11 is 1.94. The number of nitrogens with zero attached hydrogens (tertiary/aromatic N) is 4. The number of aliphatic hydroxyl groups is 2. The number of piperidine rings is 1. The van der Waals surface area contributed by atoms with E-state index in [1.54, 1.807) is 6.33 Å². The van der Waals surface area contributed by atoms with Gasteiger partial charge in [-0.2, -0.15) is 5.10 Å². The molecule has 1 saturated carbocycles. The fourth-order valence-corrected chi connectivity index (χ4v) is 8.30. The molecule has 3 atom stereocenters. The minimum Gasteiger partial charge on any atom is -0.395 e. The van der Waals surface area contributed by atoms with E-state index in [-0.39, 0.29) is 19.3 Å². The van der Waals surface area contributed by atoms with Crippen LogP contribution in [0.15, 0.2) is 12.5 Å². The summed E-state index contributed by atoms with van der Waals surface area (Å²) < 4.78 is 1.89. The third-order valence-electron chi connectivity index (χ3n) is 8.75. The van der Waals surface area contributed by atoms with Crippen molar-refractivity contribution in [1.82, 2.24) is 24.5 Å². The van der Waals surface area contributed by atoms with Crippen molar-refractivity contribution in [2.45, 2.75) is 71.4 Å². The molecule has 0 spiro atoms. The SMILES string of the molecule is Cc1c(-c2[nH]c3sc([C@@H]4CC5CC4CN5C(CO)CO)c(C)c3c2C(C)C)cn2ncnc2c1C. The number of pyridine rings is 1. The van der Waals surface area contributed by atoms with Crippen LogP contribution in [0.25, 0.3) is 27.1 Å². The molecule has 0 aromatic carbocycles. The van der Waals surface area contributed by atoms with E-state index in [9.17, 15) is 10.2 Å². The lowest BCUT2D eigenvalue weighted by atomic mass is 9.88. The Morgan fingerprint density at radius 1 is 1.11 bits per heavy atom. The van der Waals surface area contributed by atoms with Crippen LogP contribution < -0.4 is 0 Å². The van der Waals surface area contributed by atoms with Gasteiger partial charge in [0.25, 0.3) is 0 Å². The lowest BCUT2D eigenvalue weighted by Gasteiger charge is -2.35. The average Bonchev–Trinajstić information content (AvgIpc) is 3.64. The second-order valence-corrected chi connectivity index (χ2v) is 11.9. The first-order valence-electron chi connectivity index (χ1n) is 12.8. The van der Waals surface area contributed by atoms with Gasteiger partial charge in [0, 0.05) is 34.6 Å². The third kappa shape index (κ3) is 3.34. The highest BCUT2D eigenvalue weighted by atomic mass is 32.1. The molecule has 8 heteroatoms. The fourth-order valence-electron chi connectivity index (χ4n) is 6.87. The Morgan fingerprint density at radius 3 is 2.54 bits per heavy atom. The van der Waals surface area contributed by atoms with Crippen molar-refractivity contribution in [3.8, 4) is 11.3 Å². The number of hydrogen-bond acceptors (Lipinski definition) is 6. The van der Waals surface area contributed by atoms with Gasteiger partial charge in [0.05, 0.1) is 24.9 Å². The molecule has 35 heavy (non-hydrogen) atoms. The summed E-state index contributed by atoms with van der Waals surface area (Å²) in [4.78, 5) is 13.4. The number of aryl methyl sites for hydroxylation is 2. The lowest BCUT2D eigenvalue weighted by molar-refractivity contribution is 0.0497. The maximum absolute atomic E-state index is 9.68. The van der Waals surface area contributed by atoms with Crippen LogP contribution in [0.2, 0.25) is 0 Å². The lowest BCUT2D eigenvalue weighted by Crippen LogP contribution is -2.46. The Kier molecular flexibility index (Phi) is 5.56. The molecular weight excluding hydrogens is 458 g/mol. The van der Waals surface area contributed by atoms with Gasteiger partial charge in [-0.05, 0) is 73.6 Å². The zero-order valence-corrected chi connectivity index (χ0v) is 22.0. The summed E-state index contributed by atoms with van der Waals surface area (Å²) in [5, 5.41) is 25.2. The van der Waals surface area contributed by atoms with E-state index >= 15 is 0 Å². The summed E-state index contributed by atoms with van der Waals surface area (Å²) in [6.07, 6.45) is 6.03. The van der Waals surface area contributed by atoms with Crippen molar-refractivity contribution in [3.63, 3.8) is 0 Å². The van der Waals surface area contributed by atoms with Crippen LogP contribution in [0.1, 0.15) is 65.7 Å². The van der Waals surface area contributed by atoms with E-state index in [0.29, 0.717) is 23.8 Å². The Balaban J connectivity index is 1.42. The summed E-state index contributed by atoms with van der Waals surface area (Å²) in [7, 11) is 0. The smallest absolute Gasteiger partial charge is 0.158 e. The maximum Gasteiger partial charge on any atom is 0.158 e. The largest absolute Gasteiger partial charge is 0.395 e. The number of rotatable bonds is 6. The van der Waals surface area contributed by atoms with Crippen LogP contribution in [-0.4, -0.2) is 66.5 Å². The number of aliphatic hydroxyl groups excluding tert-OH is 2. The van der Waals surface area contributed by atoms with E-state index in [0.717, 1.165) is 18.6 Å². The van der Waals surface area contributed by atoms with Crippen LogP contribution in [0.4, 0.5) is 0 Å². The second kappa shape index (κ2) is 8.40. The molecule has 0 amide bonds. The van der Waals surface area contributed by atoms with Gasteiger partial charge in [-0.1, -0.05) is 13.8 Å². The van der Waals surface area contributed by atoms with E-state index in [4.69, 9.17) is 0 Å². The Labute approximate surface area is 209 Å². The van der Waals surface area contributed by atoms with Gasteiger partial charge in [-0.25, -0.2) is 9.50 Å². The van der Waals surface area contributed by atoms with Crippen LogP contribution in [0.3, 0.4) is 0 Å². The van der Waals surface area contributed by atoms with Gasteiger partial charge >= 0.3 is 0 Å². The molecule has 2 unspecified atom stereocenters. The van der Waals surface area contributed by atoms with Crippen molar-refractivity contribution >= 4 is 27.2 Å². The number of fused-ring (bicyclic) bond motifs is 4. The summed E-state index contributed by atoms with van der Waals surface area (Å²) in [5.74, 6) is 1.55. The molecule has 6 rings (SSSR count). The van der Waals surface area contributed by atoms with Gasteiger partial charge in [0.1, 0.15) is 11.2 Å². The highest BCUT2D eigenvalue weighted by molar-refractivity contribution is 7.19. The van der Waals surface area contributed by atoms with Gasteiger partial charge in [0.2, 0.25) is 0 Å². The minimum atomic E-state index is -0.117. The van der Waals surface area contributed by atoms with Crippen LogP contribution in [0, 0.1) is 26.7 Å². The normalized spacial score (nSPS) is 22.7. The van der Waals surface area contributed by atoms with Crippen molar-refractivity contribution in [3.05, 3.63) is 39.7 Å². The monoisotopic (exact) mass is 493 g/mol. The van der Waals surface area contributed by atoms with Crippen LogP contribution >= 0.6 is 11.3 Å². The molecule has 1 saturated heterocycles. The predicted molar refractivity (Wildman–Crippen MR) is 140 cm³/mol. The average molecular weight is 494 g/mol. The first-order valence-corrected chi connectivity index (χ1v) is 13.6. The molecule has 2 bridgehead atoms. The highest BCUT2D eigenvalue weighted by Crippen LogP contribution is 2.53. The molecule has 186 valence electrons. The van der Waals surface area contributed by atoms with E-state index in [1.807, 2.05) is 15.9 Å². The van der Waals surface area contributed by atoms with Crippen molar-refractivity contribution < 1.29 is 10.2 Å². The Bertz CT molecular complexity index is 1410. The zero-order chi connectivity index (χ0) is 24.6. The first-order chi connectivity index (χ1) is 16.8. The third-order valence-corrected chi connectivity index (χ3v) is 10.1.